The lowest BCUT2D eigenvalue weighted by molar-refractivity contribution is 0.0940. The van der Waals surface area contributed by atoms with Gasteiger partial charge in [-0.3, -0.25) is 4.79 Å². The molecule has 1 heterocycles. The SMILES string of the molecule is Cc1nc(COc2ccc(C(=O)N[C@H](C)c3cccc(Cl)c3)cc2)cs1. The molecule has 0 aliphatic rings. The van der Waals surface area contributed by atoms with Gasteiger partial charge in [-0.1, -0.05) is 23.7 Å². The molecule has 1 amide bonds. The Morgan fingerprint density at radius 3 is 2.69 bits per heavy atom. The number of halogens is 1. The van der Waals surface area contributed by atoms with Gasteiger partial charge in [-0.2, -0.15) is 0 Å². The molecule has 6 heteroatoms. The first-order valence-electron chi connectivity index (χ1n) is 8.21. The highest BCUT2D eigenvalue weighted by atomic mass is 35.5. The molecule has 3 rings (SSSR count). The van der Waals surface area contributed by atoms with Crippen LogP contribution in [0.15, 0.2) is 53.9 Å². The summed E-state index contributed by atoms with van der Waals surface area (Å²) >= 11 is 7.60. The van der Waals surface area contributed by atoms with Crippen molar-refractivity contribution in [1.29, 1.82) is 0 Å². The second kappa shape index (κ2) is 8.34. The molecule has 0 fully saturated rings. The van der Waals surface area contributed by atoms with Crippen molar-refractivity contribution in [3.05, 3.63) is 80.8 Å². The van der Waals surface area contributed by atoms with E-state index in [0.29, 0.717) is 22.9 Å². The maximum atomic E-state index is 12.4. The minimum absolute atomic E-state index is 0.134. The van der Waals surface area contributed by atoms with Gasteiger partial charge in [0.15, 0.2) is 0 Å². The van der Waals surface area contributed by atoms with E-state index in [9.17, 15) is 4.79 Å². The molecule has 0 saturated carbocycles. The molecule has 134 valence electrons. The molecule has 0 bridgehead atoms. The Hall–Kier alpha value is -2.37. The summed E-state index contributed by atoms with van der Waals surface area (Å²) in [6.07, 6.45) is 0. The lowest BCUT2D eigenvalue weighted by atomic mass is 10.1. The van der Waals surface area contributed by atoms with Gasteiger partial charge >= 0.3 is 0 Å². The molecule has 26 heavy (non-hydrogen) atoms. The van der Waals surface area contributed by atoms with Crippen LogP contribution in [0.5, 0.6) is 5.75 Å². The molecular formula is C20H19ClN2O2S. The summed E-state index contributed by atoms with van der Waals surface area (Å²) in [6.45, 7) is 4.31. The van der Waals surface area contributed by atoms with Crippen LogP contribution in [0.25, 0.3) is 0 Å². The van der Waals surface area contributed by atoms with Crippen LogP contribution in [0.1, 0.15) is 39.6 Å². The number of amides is 1. The summed E-state index contributed by atoms with van der Waals surface area (Å²) in [7, 11) is 0. The van der Waals surface area contributed by atoms with Gasteiger partial charge in [0.25, 0.3) is 5.91 Å². The molecule has 0 spiro atoms. The Bertz CT molecular complexity index is 893. The van der Waals surface area contributed by atoms with Gasteiger partial charge in [-0.15, -0.1) is 11.3 Å². The maximum Gasteiger partial charge on any atom is 0.251 e. The number of rotatable bonds is 6. The highest BCUT2D eigenvalue weighted by Gasteiger charge is 2.12. The largest absolute Gasteiger partial charge is 0.487 e. The minimum Gasteiger partial charge on any atom is -0.487 e. The third-order valence-electron chi connectivity index (χ3n) is 3.87. The van der Waals surface area contributed by atoms with Crippen molar-refractivity contribution in [2.45, 2.75) is 26.5 Å². The molecule has 1 aromatic heterocycles. The fourth-order valence-corrected chi connectivity index (χ4v) is 3.27. The van der Waals surface area contributed by atoms with Gasteiger partial charge in [0.05, 0.1) is 16.7 Å². The van der Waals surface area contributed by atoms with E-state index >= 15 is 0 Å². The van der Waals surface area contributed by atoms with E-state index in [-0.39, 0.29) is 11.9 Å². The van der Waals surface area contributed by atoms with Gasteiger partial charge < -0.3 is 10.1 Å². The first-order valence-corrected chi connectivity index (χ1v) is 9.47. The third-order valence-corrected chi connectivity index (χ3v) is 4.92. The summed E-state index contributed by atoms with van der Waals surface area (Å²) in [6, 6.07) is 14.4. The number of hydrogen-bond acceptors (Lipinski definition) is 4. The Morgan fingerprint density at radius 2 is 2.04 bits per heavy atom. The van der Waals surface area contributed by atoms with Crippen LogP contribution in [0.4, 0.5) is 0 Å². The second-order valence-electron chi connectivity index (χ2n) is 5.92. The average molecular weight is 387 g/mol. The van der Waals surface area contributed by atoms with Crippen LogP contribution >= 0.6 is 22.9 Å². The molecule has 0 saturated heterocycles. The quantitative estimate of drug-likeness (QED) is 0.635. The number of benzene rings is 2. The molecule has 3 aromatic rings. The molecule has 0 aliphatic carbocycles. The van der Waals surface area contributed by atoms with Crippen molar-refractivity contribution in [1.82, 2.24) is 10.3 Å². The summed E-state index contributed by atoms with van der Waals surface area (Å²) in [4.78, 5) is 16.8. The summed E-state index contributed by atoms with van der Waals surface area (Å²) in [5.41, 5.74) is 2.45. The highest BCUT2D eigenvalue weighted by molar-refractivity contribution is 7.09. The monoisotopic (exact) mass is 386 g/mol. The van der Waals surface area contributed by atoms with E-state index in [0.717, 1.165) is 16.3 Å². The first-order chi connectivity index (χ1) is 12.5. The van der Waals surface area contributed by atoms with E-state index in [4.69, 9.17) is 16.3 Å². The lowest BCUT2D eigenvalue weighted by Crippen LogP contribution is -2.26. The highest BCUT2D eigenvalue weighted by Crippen LogP contribution is 2.19. The van der Waals surface area contributed by atoms with Crippen molar-refractivity contribution in [3.63, 3.8) is 0 Å². The van der Waals surface area contributed by atoms with Gasteiger partial charge in [-0.05, 0) is 55.8 Å². The van der Waals surface area contributed by atoms with E-state index in [1.807, 2.05) is 43.5 Å². The van der Waals surface area contributed by atoms with Gasteiger partial charge in [0.1, 0.15) is 12.4 Å². The molecule has 0 radical (unpaired) electrons. The first kappa shape index (κ1) is 18.4. The van der Waals surface area contributed by atoms with E-state index in [1.54, 1.807) is 35.6 Å². The van der Waals surface area contributed by atoms with Crippen LogP contribution in [0.3, 0.4) is 0 Å². The zero-order valence-electron chi connectivity index (χ0n) is 14.5. The van der Waals surface area contributed by atoms with Crippen LogP contribution < -0.4 is 10.1 Å². The summed E-state index contributed by atoms with van der Waals surface area (Å²) < 4.78 is 5.70. The normalized spacial score (nSPS) is 11.8. The smallest absolute Gasteiger partial charge is 0.251 e. The van der Waals surface area contributed by atoms with Crippen LogP contribution in [-0.4, -0.2) is 10.9 Å². The van der Waals surface area contributed by atoms with Crippen molar-refractivity contribution in [2.75, 3.05) is 0 Å². The molecule has 1 atom stereocenters. The fourth-order valence-electron chi connectivity index (χ4n) is 2.47. The molecular weight excluding hydrogens is 368 g/mol. The number of nitrogens with zero attached hydrogens (tertiary/aromatic N) is 1. The third kappa shape index (κ3) is 4.84. The van der Waals surface area contributed by atoms with Crippen LogP contribution in [-0.2, 0) is 6.61 Å². The Balaban J connectivity index is 1.58. The number of carbonyl (C=O) groups is 1. The summed E-state index contributed by atoms with van der Waals surface area (Å²) in [5.74, 6) is 0.564. The number of carbonyl (C=O) groups excluding carboxylic acids is 1. The van der Waals surface area contributed by atoms with E-state index in [2.05, 4.69) is 10.3 Å². The number of nitrogens with one attached hydrogen (secondary N) is 1. The second-order valence-corrected chi connectivity index (χ2v) is 7.42. The molecule has 1 N–H and O–H groups in total. The minimum atomic E-state index is -0.140. The van der Waals surface area contributed by atoms with Crippen molar-refractivity contribution in [3.8, 4) is 5.75 Å². The predicted octanol–water partition coefficient (Wildman–Crippen LogP) is 5.17. The van der Waals surface area contributed by atoms with Crippen molar-refractivity contribution >= 4 is 28.8 Å². The van der Waals surface area contributed by atoms with Crippen LogP contribution in [0, 0.1) is 6.92 Å². The lowest BCUT2D eigenvalue weighted by Gasteiger charge is -2.15. The van der Waals surface area contributed by atoms with Gasteiger partial charge in [-0.25, -0.2) is 4.98 Å². The Morgan fingerprint density at radius 1 is 1.27 bits per heavy atom. The molecule has 2 aromatic carbocycles. The number of aryl methyl sites for hydroxylation is 1. The van der Waals surface area contributed by atoms with Gasteiger partial charge in [0.2, 0.25) is 0 Å². The predicted molar refractivity (Wildman–Crippen MR) is 105 cm³/mol. The number of hydrogen-bond donors (Lipinski definition) is 1. The number of thiazole rings is 1. The average Bonchev–Trinajstić information content (AvgIpc) is 3.05. The zero-order chi connectivity index (χ0) is 18.5. The van der Waals surface area contributed by atoms with Crippen molar-refractivity contribution in [2.24, 2.45) is 0 Å². The molecule has 0 unspecified atom stereocenters. The maximum absolute atomic E-state index is 12.4. The zero-order valence-corrected chi connectivity index (χ0v) is 16.1. The van der Waals surface area contributed by atoms with Crippen LogP contribution in [0.2, 0.25) is 5.02 Å². The van der Waals surface area contributed by atoms with E-state index < -0.39 is 0 Å². The molecule has 0 aliphatic heterocycles. The Kier molecular flexibility index (Phi) is 5.91. The number of ether oxygens (including phenoxy) is 1. The van der Waals surface area contributed by atoms with E-state index in [1.165, 1.54) is 0 Å². The summed E-state index contributed by atoms with van der Waals surface area (Å²) in [5, 5.41) is 6.62. The topological polar surface area (TPSA) is 51.2 Å². The van der Waals surface area contributed by atoms with Crippen molar-refractivity contribution < 1.29 is 9.53 Å². The standard InChI is InChI=1S/C20H19ClN2O2S/c1-13(16-4-3-5-17(21)10-16)22-20(24)15-6-8-19(9-7-15)25-11-18-12-26-14(2)23-18/h3-10,12-13H,11H2,1-2H3,(H,22,24)/t13-/m1/s1. The Labute approximate surface area is 161 Å². The number of aromatic nitrogens is 1. The molecule has 4 nitrogen and oxygen atoms in total. The van der Waals surface area contributed by atoms with Gasteiger partial charge in [0, 0.05) is 16.0 Å². The fraction of sp³-hybridized carbons (Fsp3) is 0.200.